The van der Waals surface area contributed by atoms with E-state index in [9.17, 15) is 8.42 Å². The average molecular weight is 335 g/mol. The maximum atomic E-state index is 11.9. The smallest absolute Gasteiger partial charge is 0.158 e. The minimum Gasteiger partial charge on any atom is -0.493 e. The van der Waals surface area contributed by atoms with E-state index in [1.54, 1.807) is 20.8 Å². The van der Waals surface area contributed by atoms with Crippen LogP contribution in [-0.2, 0) is 15.2 Å². The fourth-order valence-electron chi connectivity index (χ4n) is 1.29. The zero-order chi connectivity index (χ0) is 13.8. The Morgan fingerprint density at radius 2 is 1.94 bits per heavy atom. The molecule has 0 heterocycles. The van der Waals surface area contributed by atoms with E-state index >= 15 is 0 Å². The Morgan fingerprint density at radius 3 is 2.50 bits per heavy atom. The summed E-state index contributed by atoms with van der Waals surface area (Å²) in [5, 5.41) is 0.754. The summed E-state index contributed by atoms with van der Waals surface area (Å²) >= 11 is 3.37. The van der Waals surface area contributed by atoms with Crippen LogP contribution in [0.4, 0.5) is 0 Å². The zero-order valence-corrected chi connectivity index (χ0v) is 13.3. The summed E-state index contributed by atoms with van der Waals surface area (Å²) in [7, 11) is -3.12. The summed E-state index contributed by atoms with van der Waals surface area (Å²) in [5.41, 5.74) is 1.10. The lowest BCUT2D eigenvalue weighted by Crippen LogP contribution is -2.32. The van der Waals surface area contributed by atoms with Gasteiger partial charge in [-0.15, -0.1) is 0 Å². The van der Waals surface area contributed by atoms with E-state index in [0.29, 0.717) is 5.75 Å². The van der Waals surface area contributed by atoms with Gasteiger partial charge in [0.25, 0.3) is 0 Å². The standard InChI is InChI=1S/C13H19BrO3S/c1-13(2,3)18(15,16)8-7-17-12-6-4-5-11(9-12)10-14/h4-6,9H,7-8,10H2,1-3H3. The van der Waals surface area contributed by atoms with Crippen molar-refractivity contribution in [3.05, 3.63) is 29.8 Å². The predicted molar refractivity (Wildman–Crippen MR) is 78.1 cm³/mol. The molecule has 5 heteroatoms. The van der Waals surface area contributed by atoms with Gasteiger partial charge in [-0.05, 0) is 38.5 Å². The first kappa shape index (κ1) is 15.5. The van der Waals surface area contributed by atoms with Crippen LogP contribution < -0.4 is 4.74 Å². The van der Waals surface area contributed by atoms with Gasteiger partial charge >= 0.3 is 0 Å². The quantitative estimate of drug-likeness (QED) is 0.777. The molecule has 1 aromatic carbocycles. The van der Waals surface area contributed by atoms with E-state index in [0.717, 1.165) is 10.9 Å². The second-order valence-corrected chi connectivity index (χ2v) is 8.48. The number of rotatable bonds is 5. The fourth-order valence-corrected chi connectivity index (χ4v) is 2.56. The van der Waals surface area contributed by atoms with Crippen molar-refractivity contribution in [3.8, 4) is 5.75 Å². The normalized spacial score (nSPS) is 12.4. The molecule has 0 N–H and O–H groups in total. The molecule has 0 radical (unpaired) electrons. The molecule has 0 spiro atoms. The predicted octanol–water partition coefficient (Wildman–Crippen LogP) is 3.17. The highest BCUT2D eigenvalue weighted by molar-refractivity contribution is 9.08. The number of alkyl halides is 1. The number of ether oxygens (including phenoxy) is 1. The van der Waals surface area contributed by atoms with Gasteiger partial charge in [-0.25, -0.2) is 8.42 Å². The minimum absolute atomic E-state index is 0.0367. The van der Waals surface area contributed by atoms with E-state index in [2.05, 4.69) is 15.9 Å². The van der Waals surface area contributed by atoms with Gasteiger partial charge in [0.05, 0.1) is 10.5 Å². The summed E-state index contributed by atoms with van der Waals surface area (Å²) < 4.78 is 28.5. The van der Waals surface area contributed by atoms with Gasteiger partial charge in [-0.1, -0.05) is 28.1 Å². The molecule has 0 saturated heterocycles. The van der Waals surface area contributed by atoms with Gasteiger partial charge in [0.1, 0.15) is 12.4 Å². The fraction of sp³-hybridized carbons (Fsp3) is 0.538. The van der Waals surface area contributed by atoms with E-state index in [4.69, 9.17) is 4.74 Å². The second-order valence-electron chi connectivity index (χ2n) is 5.06. The summed E-state index contributed by atoms with van der Waals surface area (Å²) in [6.07, 6.45) is 0. The van der Waals surface area contributed by atoms with Crippen LogP contribution in [0, 0.1) is 0 Å². The lowest BCUT2D eigenvalue weighted by Gasteiger charge is -2.19. The molecule has 0 saturated carbocycles. The van der Waals surface area contributed by atoms with Crippen LogP contribution >= 0.6 is 15.9 Å². The zero-order valence-electron chi connectivity index (χ0n) is 10.9. The van der Waals surface area contributed by atoms with Gasteiger partial charge < -0.3 is 4.74 Å². The van der Waals surface area contributed by atoms with Crippen LogP contribution in [0.15, 0.2) is 24.3 Å². The maximum absolute atomic E-state index is 11.9. The van der Waals surface area contributed by atoms with Gasteiger partial charge in [-0.2, -0.15) is 0 Å². The van der Waals surface area contributed by atoms with Crippen LogP contribution in [0.5, 0.6) is 5.75 Å². The molecule has 18 heavy (non-hydrogen) atoms. The van der Waals surface area contributed by atoms with Crippen molar-refractivity contribution < 1.29 is 13.2 Å². The third-order valence-electron chi connectivity index (χ3n) is 2.61. The molecule has 0 atom stereocenters. The molecule has 0 fully saturated rings. The highest BCUT2D eigenvalue weighted by Crippen LogP contribution is 2.18. The molecule has 1 aromatic rings. The minimum atomic E-state index is -3.12. The Kier molecular flexibility index (Phi) is 5.22. The van der Waals surface area contributed by atoms with E-state index in [1.807, 2.05) is 24.3 Å². The molecule has 0 aliphatic heterocycles. The van der Waals surface area contributed by atoms with Gasteiger partial charge in [-0.3, -0.25) is 0 Å². The molecule has 0 amide bonds. The first-order valence-electron chi connectivity index (χ1n) is 5.76. The Morgan fingerprint density at radius 1 is 1.28 bits per heavy atom. The highest BCUT2D eigenvalue weighted by atomic mass is 79.9. The van der Waals surface area contributed by atoms with Gasteiger partial charge in [0.2, 0.25) is 0 Å². The van der Waals surface area contributed by atoms with E-state index < -0.39 is 14.6 Å². The number of sulfone groups is 1. The van der Waals surface area contributed by atoms with Crippen molar-refractivity contribution >= 4 is 25.8 Å². The summed E-state index contributed by atoms with van der Waals surface area (Å²) in [6, 6.07) is 7.60. The van der Waals surface area contributed by atoms with Crippen molar-refractivity contribution in [1.29, 1.82) is 0 Å². The molecule has 1 rings (SSSR count). The molecule has 102 valence electrons. The molecule has 0 aliphatic carbocycles. The van der Waals surface area contributed by atoms with Crippen LogP contribution in [-0.4, -0.2) is 25.5 Å². The third kappa shape index (κ3) is 4.28. The topological polar surface area (TPSA) is 43.4 Å². The second kappa shape index (κ2) is 6.06. The van der Waals surface area contributed by atoms with Crippen LogP contribution in [0.25, 0.3) is 0 Å². The van der Waals surface area contributed by atoms with Crippen molar-refractivity contribution in [2.75, 3.05) is 12.4 Å². The van der Waals surface area contributed by atoms with Crippen molar-refractivity contribution in [2.45, 2.75) is 30.8 Å². The Hall–Kier alpha value is -0.550. The Bertz CT molecular complexity index is 489. The van der Waals surface area contributed by atoms with E-state index in [-0.39, 0.29) is 12.4 Å². The molecular formula is C13H19BrO3S. The highest BCUT2D eigenvalue weighted by Gasteiger charge is 2.28. The van der Waals surface area contributed by atoms with Gasteiger partial charge in [0.15, 0.2) is 9.84 Å². The largest absolute Gasteiger partial charge is 0.493 e. The molecular weight excluding hydrogens is 316 g/mol. The number of halogens is 1. The monoisotopic (exact) mass is 334 g/mol. The Labute approximate surface area is 118 Å². The first-order valence-corrected chi connectivity index (χ1v) is 8.53. The van der Waals surface area contributed by atoms with Crippen molar-refractivity contribution in [1.82, 2.24) is 0 Å². The van der Waals surface area contributed by atoms with Crippen LogP contribution in [0.1, 0.15) is 26.3 Å². The number of hydrogen-bond acceptors (Lipinski definition) is 3. The third-order valence-corrected chi connectivity index (χ3v) is 5.82. The van der Waals surface area contributed by atoms with Gasteiger partial charge in [0, 0.05) is 5.33 Å². The lowest BCUT2D eigenvalue weighted by atomic mass is 10.2. The van der Waals surface area contributed by atoms with Crippen molar-refractivity contribution in [2.24, 2.45) is 0 Å². The molecule has 0 bridgehead atoms. The van der Waals surface area contributed by atoms with Crippen LogP contribution in [0.3, 0.4) is 0 Å². The summed E-state index contributed by atoms with van der Waals surface area (Å²) in [4.78, 5) is 0. The molecule has 3 nitrogen and oxygen atoms in total. The Balaban J connectivity index is 2.57. The molecule has 0 aliphatic rings. The van der Waals surface area contributed by atoms with Crippen LogP contribution in [0.2, 0.25) is 0 Å². The number of benzene rings is 1. The lowest BCUT2D eigenvalue weighted by molar-refractivity contribution is 0.339. The average Bonchev–Trinajstić information content (AvgIpc) is 2.27. The first-order chi connectivity index (χ1) is 8.26. The summed E-state index contributed by atoms with van der Waals surface area (Å²) in [5.74, 6) is 0.741. The maximum Gasteiger partial charge on any atom is 0.158 e. The van der Waals surface area contributed by atoms with Crippen molar-refractivity contribution in [3.63, 3.8) is 0 Å². The van der Waals surface area contributed by atoms with E-state index in [1.165, 1.54) is 0 Å². The molecule has 0 aromatic heterocycles. The summed E-state index contributed by atoms with van der Waals surface area (Å²) in [6.45, 7) is 5.29. The molecule has 0 unspecified atom stereocenters. The number of hydrogen-bond donors (Lipinski definition) is 0. The SMILES string of the molecule is CC(C)(C)S(=O)(=O)CCOc1cccc(CBr)c1.